The first-order chi connectivity index (χ1) is 6.53. The lowest BCUT2D eigenvalue weighted by atomic mass is 10.0. The molecule has 2 atom stereocenters. The summed E-state index contributed by atoms with van der Waals surface area (Å²) in [5.74, 6) is 0.815. The predicted octanol–water partition coefficient (Wildman–Crippen LogP) is 1.46. The monoisotopic (exact) mass is 197 g/mol. The fourth-order valence-electron chi connectivity index (χ4n) is 2.23. The Balaban J connectivity index is 1.93. The molecule has 2 aliphatic carbocycles. The number of nitrogens with two attached hydrogens (primary N) is 1. The van der Waals surface area contributed by atoms with Crippen LogP contribution in [0, 0.1) is 11.8 Å². The minimum atomic E-state index is -0.623. The predicted molar refractivity (Wildman–Crippen MR) is 53.6 cm³/mol. The molecule has 14 heavy (non-hydrogen) atoms. The van der Waals surface area contributed by atoms with Gasteiger partial charge in [-0.25, -0.2) is 0 Å². The molecule has 0 aromatic rings. The Morgan fingerprint density at radius 1 is 1.29 bits per heavy atom. The molecule has 0 aromatic heterocycles. The Kier molecular flexibility index (Phi) is 2.30. The summed E-state index contributed by atoms with van der Waals surface area (Å²) in [6, 6.07) is 0. The third-order valence-electron chi connectivity index (χ3n) is 3.64. The number of carbonyl (C=O) groups is 1. The van der Waals surface area contributed by atoms with Crippen LogP contribution in [0.2, 0.25) is 0 Å². The number of hydrogen-bond donors (Lipinski definition) is 1. The van der Waals surface area contributed by atoms with Gasteiger partial charge in [-0.3, -0.25) is 4.79 Å². The molecule has 0 bridgehead atoms. The second-order valence-corrected chi connectivity index (χ2v) is 5.06. The zero-order valence-corrected chi connectivity index (χ0v) is 8.95. The molecule has 3 heteroatoms. The summed E-state index contributed by atoms with van der Waals surface area (Å²) >= 11 is 0. The van der Waals surface area contributed by atoms with Crippen molar-refractivity contribution in [2.45, 2.75) is 51.2 Å². The maximum atomic E-state index is 11.6. The lowest BCUT2D eigenvalue weighted by molar-refractivity contribution is -0.155. The molecule has 0 aromatic carbocycles. The van der Waals surface area contributed by atoms with Crippen LogP contribution >= 0.6 is 0 Å². The first-order valence-corrected chi connectivity index (χ1v) is 5.53. The average Bonchev–Trinajstić information content (AvgIpc) is 2.82. The largest absolute Gasteiger partial charge is 0.460 e. The van der Waals surface area contributed by atoms with E-state index in [-0.39, 0.29) is 12.1 Å². The molecule has 0 radical (unpaired) electrons. The Bertz CT molecular complexity index is 238. The fourth-order valence-corrected chi connectivity index (χ4v) is 2.23. The van der Waals surface area contributed by atoms with Gasteiger partial charge in [-0.2, -0.15) is 0 Å². The van der Waals surface area contributed by atoms with Gasteiger partial charge in [-0.15, -0.1) is 0 Å². The van der Waals surface area contributed by atoms with Gasteiger partial charge in [0.25, 0.3) is 0 Å². The van der Waals surface area contributed by atoms with E-state index in [0.717, 1.165) is 25.7 Å². The Morgan fingerprint density at radius 3 is 2.21 bits per heavy atom. The first kappa shape index (κ1) is 9.97. The van der Waals surface area contributed by atoms with E-state index in [1.165, 1.54) is 0 Å². The van der Waals surface area contributed by atoms with Gasteiger partial charge in [0.05, 0.1) is 0 Å². The van der Waals surface area contributed by atoms with Gasteiger partial charge in [0, 0.05) is 0 Å². The number of hydrogen-bond acceptors (Lipinski definition) is 3. The summed E-state index contributed by atoms with van der Waals surface area (Å²) in [6.45, 7) is 4.30. The number of ether oxygens (including phenoxy) is 1. The molecule has 0 spiro atoms. The van der Waals surface area contributed by atoms with E-state index < -0.39 is 5.54 Å². The second-order valence-electron chi connectivity index (χ2n) is 5.06. The van der Waals surface area contributed by atoms with E-state index in [2.05, 4.69) is 13.8 Å². The molecule has 2 saturated carbocycles. The number of esters is 1. The molecule has 0 saturated heterocycles. The topological polar surface area (TPSA) is 52.3 Å². The summed E-state index contributed by atoms with van der Waals surface area (Å²) < 4.78 is 5.50. The first-order valence-electron chi connectivity index (χ1n) is 5.53. The molecule has 3 nitrogen and oxygen atoms in total. The van der Waals surface area contributed by atoms with E-state index >= 15 is 0 Å². The van der Waals surface area contributed by atoms with E-state index in [0.29, 0.717) is 11.8 Å². The smallest absolute Gasteiger partial charge is 0.326 e. The van der Waals surface area contributed by atoms with Crippen LogP contribution in [0.3, 0.4) is 0 Å². The molecule has 0 aliphatic heterocycles. The minimum Gasteiger partial charge on any atom is -0.460 e. The maximum Gasteiger partial charge on any atom is 0.326 e. The van der Waals surface area contributed by atoms with Crippen molar-refractivity contribution in [3.63, 3.8) is 0 Å². The lowest BCUT2D eigenvalue weighted by Crippen LogP contribution is -2.39. The molecule has 0 amide bonds. The van der Waals surface area contributed by atoms with Crippen LogP contribution in [0.25, 0.3) is 0 Å². The van der Waals surface area contributed by atoms with Crippen molar-refractivity contribution >= 4 is 5.97 Å². The van der Waals surface area contributed by atoms with E-state index in [9.17, 15) is 4.79 Å². The standard InChI is InChI=1S/C11H19NO2/c1-7-3-4-8(2)9(7)14-10(13)11(12)5-6-11/h7-9H,3-6,12H2,1-2H3. The van der Waals surface area contributed by atoms with Gasteiger partial charge in [0.15, 0.2) is 0 Å². The summed E-state index contributed by atoms with van der Waals surface area (Å²) in [7, 11) is 0. The third kappa shape index (κ3) is 1.65. The van der Waals surface area contributed by atoms with Gasteiger partial charge in [0.2, 0.25) is 0 Å². The van der Waals surface area contributed by atoms with Crippen molar-refractivity contribution in [2.24, 2.45) is 17.6 Å². The Labute approximate surface area is 85.0 Å². The second kappa shape index (κ2) is 3.23. The minimum absolute atomic E-state index is 0.100. The van der Waals surface area contributed by atoms with Gasteiger partial charge < -0.3 is 10.5 Å². The summed E-state index contributed by atoms with van der Waals surface area (Å²) in [5, 5.41) is 0. The molecule has 2 N–H and O–H groups in total. The average molecular weight is 197 g/mol. The molecular formula is C11H19NO2. The molecule has 2 rings (SSSR count). The number of carbonyl (C=O) groups excluding carboxylic acids is 1. The van der Waals surface area contributed by atoms with Crippen molar-refractivity contribution in [1.29, 1.82) is 0 Å². The SMILES string of the molecule is CC1CCC(C)C1OC(=O)C1(N)CC1. The van der Waals surface area contributed by atoms with E-state index in [4.69, 9.17) is 10.5 Å². The van der Waals surface area contributed by atoms with E-state index in [1.54, 1.807) is 0 Å². The van der Waals surface area contributed by atoms with Crippen LogP contribution in [0.5, 0.6) is 0 Å². The Hall–Kier alpha value is -0.570. The Morgan fingerprint density at radius 2 is 1.79 bits per heavy atom. The van der Waals surface area contributed by atoms with Crippen LogP contribution in [0.15, 0.2) is 0 Å². The summed E-state index contributed by atoms with van der Waals surface area (Å²) in [4.78, 5) is 11.6. The highest BCUT2D eigenvalue weighted by Crippen LogP contribution is 2.38. The highest BCUT2D eigenvalue weighted by Gasteiger charge is 2.49. The van der Waals surface area contributed by atoms with Crippen molar-refractivity contribution < 1.29 is 9.53 Å². The van der Waals surface area contributed by atoms with E-state index in [1.807, 2.05) is 0 Å². The van der Waals surface area contributed by atoms with Crippen molar-refractivity contribution in [3.05, 3.63) is 0 Å². The van der Waals surface area contributed by atoms with Gasteiger partial charge >= 0.3 is 5.97 Å². The third-order valence-corrected chi connectivity index (χ3v) is 3.64. The highest BCUT2D eigenvalue weighted by atomic mass is 16.5. The quantitative estimate of drug-likeness (QED) is 0.682. The van der Waals surface area contributed by atoms with Crippen LogP contribution < -0.4 is 5.73 Å². The zero-order chi connectivity index (χ0) is 10.3. The van der Waals surface area contributed by atoms with Crippen LogP contribution in [0.1, 0.15) is 39.5 Å². The van der Waals surface area contributed by atoms with Crippen molar-refractivity contribution in [2.75, 3.05) is 0 Å². The molecule has 2 unspecified atom stereocenters. The molecule has 2 aliphatic rings. The number of rotatable bonds is 2. The van der Waals surface area contributed by atoms with Gasteiger partial charge in [-0.05, 0) is 37.5 Å². The van der Waals surface area contributed by atoms with Crippen LogP contribution in [-0.4, -0.2) is 17.6 Å². The molecule has 0 heterocycles. The fraction of sp³-hybridized carbons (Fsp3) is 0.909. The summed E-state index contributed by atoms with van der Waals surface area (Å²) in [5.41, 5.74) is 5.16. The highest BCUT2D eigenvalue weighted by molar-refractivity contribution is 5.84. The van der Waals surface area contributed by atoms with Gasteiger partial charge in [0.1, 0.15) is 11.6 Å². The van der Waals surface area contributed by atoms with Crippen molar-refractivity contribution in [1.82, 2.24) is 0 Å². The molecular weight excluding hydrogens is 178 g/mol. The normalized spacial score (nSPS) is 39.5. The van der Waals surface area contributed by atoms with Crippen LogP contribution in [-0.2, 0) is 9.53 Å². The van der Waals surface area contributed by atoms with Crippen LogP contribution in [0.4, 0.5) is 0 Å². The summed E-state index contributed by atoms with van der Waals surface area (Å²) in [6.07, 6.45) is 4.01. The maximum absolute atomic E-state index is 11.6. The zero-order valence-electron chi connectivity index (χ0n) is 8.95. The van der Waals surface area contributed by atoms with Gasteiger partial charge in [-0.1, -0.05) is 13.8 Å². The van der Waals surface area contributed by atoms with Crippen molar-refractivity contribution in [3.8, 4) is 0 Å². The molecule has 80 valence electrons. The molecule has 2 fully saturated rings. The lowest BCUT2D eigenvalue weighted by Gasteiger charge is -2.22.